The van der Waals surface area contributed by atoms with Gasteiger partial charge < -0.3 is 10.4 Å². The Morgan fingerprint density at radius 3 is 2.89 bits per heavy atom. The zero-order chi connectivity index (χ0) is 20.3. The summed E-state index contributed by atoms with van der Waals surface area (Å²) >= 11 is 7.47. The zero-order valence-corrected chi connectivity index (χ0v) is 17.0. The highest BCUT2D eigenvalue weighted by Crippen LogP contribution is 2.30. The molecule has 0 spiro atoms. The van der Waals surface area contributed by atoms with Gasteiger partial charge in [0, 0.05) is 24.0 Å². The van der Waals surface area contributed by atoms with Crippen molar-refractivity contribution in [3.05, 3.63) is 46.8 Å². The molecule has 0 unspecified atom stereocenters. The minimum atomic E-state index is -3.92. The lowest BCUT2D eigenvalue weighted by Crippen LogP contribution is -2.14. The van der Waals surface area contributed by atoms with Crippen molar-refractivity contribution < 1.29 is 18.3 Å². The van der Waals surface area contributed by atoms with Gasteiger partial charge >= 0.3 is 0 Å². The van der Waals surface area contributed by atoms with Crippen LogP contribution in [-0.4, -0.2) is 51.9 Å². The molecule has 0 amide bonds. The van der Waals surface area contributed by atoms with E-state index >= 15 is 0 Å². The van der Waals surface area contributed by atoms with Gasteiger partial charge in [0.25, 0.3) is 16.5 Å². The highest BCUT2D eigenvalue weighted by atomic mass is 35.5. The summed E-state index contributed by atoms with van der Waals surface area (Å²) in [5.41, 5.74) is 2.05. The Morgan fingerprint density at radius 1 is 1.43 bits per heavy atom. The number of imidazole rings is 1. The topological polar surface area (TPSA) is 119 Å². The van der Waals surface area contributed by atoms with E-state index in [0.29, 0.717) is 22.4 Å². The second kappa shape index (κ2) is 8.27. The normalized spacial score (nSPS) is 11.5. The molecule has 0 atom stereocenters. The average Bonchev–Trinajstić information content (AvgIpc) is 3.33. The molecule has 4 aromatic rings. The Balaban J connectivity index is 0.000000706. The first-order valence-electron chi connectivity index (χ1n) is 7.99. The first kappa shape index (κ1) is 20.3. The van der Waals surface area contributed by atoms with Gasteiger partial charge in [-0.25, -0.2) is 8.96 Å². The number of carboxylic acid groups (broad SMARTS) is 1. The molecule has 4 aromatic heterocycles. The second-order valence-electron chi connectivity index (χ2n) is 5.55. The number of nitrogens with one attached hydrogen (secondary N) is 1. The van der Waals surface area contributed by atoms with E-state index in [1.165, 1.54) is 19.7 Å². The van der Waals surface area contributed by atoms with Gasteiger partial charge in [-0.15, -0.1) is 11.3 Å². The molecule has 0 radical (unpaired) electrons. The monoisotopic (exact) mass is 441 g/mol. The number of halogens is 1. The van der Waals surface area contributed by atoms with Crippen LogP contribution in [0.4, 0.5) is 0 Å². The number of carbonyl (C=O) groups is 1. The van der Waals surface area contributed by atoms with Gasteiger partial charge in [0.15, 0.2) is 10.1 Å². The average molecular weight is 442 g/mol. The molecule has 0 aliphatic rings. The van der Waals surface area contributed by atoms with E-state index in [2.05, 4.69) is 15.3 Å². The second-order valence-corrected chi connectivity index (χ2v) is 8.51. The van der Waals surface area contributed by atoms with Gasteiger partial charge in [-0.2, -0.15) is 8.42 Å². The van der Waals surface area contributed by atoms with Crippen LogP contribution in [0.15, 0.2) is 41.1 Å². The van der Waals surface area contributed by atoms with Crippen LogP contribution in [0.25, 0.3) is 16.0 Å². The molecule has 12 heteroatoms. The van der Waals surface area contributed by atoms with Gasteiger partial charge in [0.2, 0.25) is 5.03 Å². The largest absolute Gasteiger partial charge is 0.483 e. The lowest BCUT2D eigenvalue weighted by atomic mass is 10.2. The zero-order valence-electron chi connectivity index (χ0n) is 14.6. The summed E-state index contributed by atoms with van der Waals surface area (Å²) in [5, 5.41) is 11.7. The fraction of sp³-hybridized carbons (Fsp3) is 0.188. The molecule has 0 saturated carbocycles. The number of thiazole rings is 1. The Morgan fingerprint density at radius 2 is 2.18 bits per heavy atom. The summed E-state index contributed by atoms with van der Waals surface area (Å²) in [7, 11) is -2.07. The predicted octanol–water partition coefficient (Wildman–Crippen LogP) is 2.10. The first-order valence-corrected chi connectivity index (χ1v) is 10.7. The maximum atomic E-state index is 13.3. The number of hydrogen-bond acceptors (Lipinski definition) is 7. The predicted molar refractivity (Wildman–Crippen MR) is 107 cm³/mol. The number of hydrogen-bond donors (Lipinski definition) is 2. The van der Waals surface area contributed by atoms with Crippen molar-refractivity contribution in [3.63, 3.8) is 0 Å². The number of nitrogens with zero attached hydrogens (tertiary/aromatic N) is 4. The van der Waals surface area contributed by atoms with E-state index in [0.717, 1.165) is 12.1 Å². The quantitative estimate of drug-likeness (QED) is 0.455. The molecule has 9 nitrogen and oxygen atoms in total. The molecule has 0 aliphatic heterocycles. The molecule has 0 aromatic carbocycles. The highest BCUT2D eigenvalue weighted by Gasteiger charge is 2.29. The van der Waals surface area contributed by atoms with E-state index in [1.807, 2.05) is 7.05 Å². The molecule has 0 aliphatic carbocycles. The molecule has 148 valence electrons. The van der Waals surface area contributed by atoms with Crippen molar-refractivity contribution in [2.75, 3.05) is 13.6 Å². The fourth-order valence-electron chi connectivity index (χ4n) is 2.80. The number of rotatable bonds is 5. The van der Waals surface area contributed by atoms with Crippen LogP contribution in [0.5, 0.6) is 0 Å². The molecule has 0 saturated heterocycles. The smallest absolute Gasteiger partial charge is 0.290 e. The van der Waals surface area contributed by atoms with Crippen molar-refractivity contribution in [1.82, 2.24) is 23.7 Å². The maximum absolute atomic E-state index is 13.3. The third-order valence-corrected chi connectivity index (χ3v) is 6.76. The van der Waals surface area contributed by atoms with E-state index in [-0.39, 0.29) is 16.7 Å². The molecular formula is C16H16ClN5O4S2. The summed E-state index contributed by atoms with van der Waals surface area (Å²) in [6.45, 7) is 0.470. The Hall–Kier alpha value is -2.47. The Bertz CT molecular complexity index is 1230. The van der Waals surface area contributed by atoms with Crippen LogP contribution in [0, 0.1) is 0 Å². The number of likely N-dealkylation sites (N-methyl/N-ethyl adjacent to an activating group) is 1. The van der Waals surface area contributed by atoms with Gasteiger partial charge in [0.05, 0.1) is 11.0 Å². The standard InChI is InChI=1S/C15H14ClN5O2S2.CH2O2/c1-17-6-4-10-9-21(11-3-2-5-18-12(10)11)25(22,23)14-13(16)19-15-20(14)7-8-24-15;2-1-3/h2-3,5,7-9,17H,4,6H2,1H3;1H,(H,2,3). The van der Waals surface area contributed by atoms with Crippen molar-refractivity contribution in [3.8, 4) is 0 Å². The van der Waals surface area contributed by atoms with E-state index in [9.17, 15) is 8.42 Å². The highest BCUT2D eigenvalue weighted by molar-refractivity contribution is 7.90. The number of aromatic nitrogens is 4. The summed E-state index contributed by atoms with van der Waals surface area (Å²) < 4.78 is 29.4. The fourth-order valence-corrected chi connectivity index (χ4v) is 5.60. The Labute approximate surface area is 169 Å². The molecule has 28 heavy (non-hydrogen) atoms. The molecule has 0 bridgehead atoms. The van der Waals surface area contributed by atoms with Gasteiger partial charge in [-0.05, 0) is 37.7 Å². The van der Waals surface area contributed by atoms with Crippen LogP contribution < -0.4 is 5.32 Å². The van der Waals surface area contributed by atoms with Gasteiger partial charge in [0.1, 0.15) is 0 Å². The van der Waals surface area contributed by atoms with E-state index in [1.54, 1.807) is 36.1 Å². The van der Waals surface area contributed by atoms with E-state index < -0.39 is 10.0 Å². The van der Waals surface area contributed by atoms with Gasteiger partial charge in [-0.3, -0.25) is 14.2 Å². The summed E-state index contributed by atoms with van der Waals surface area (Å²) in [5.74, 6) is 0. The van der Waals surface area contributed by atoms with Gasteiger partial charge in [-0.1, -0.05) is 11.6 Å². The molecule has 4 rings (SSSR count). The maximum Gasteiger partial charge on any atom is 0.290 e. The molecule has 0 fully saturated rings. The lowest BCUT2D eigenvalue weighted by Gasteiger charge is -2.06. The summed E-state index contributed by atoms with van der Waals surface area (Å²) in [6.07, 6.45) is 5.59. The van der Waals surface area contributed by atoms with Crippen molar-refractivity contribution in [2.24, 2.45) is 0 Å². The van der Waals surface area contributed by atoms with Crippen LogP contribution in [-0.2, 0) is 21.2 Å². The van der Waals surface area contributed by atoms with Crippen LogP contribution in [0.2, 0.25) is 5.15 Å². The minimum Gasteiger partial charge on any atom is -0.483 e. The molecule has 4 heterocycles. The van der Waals surface area contributed by atoms with Crippen LogP contribution in [0.3, 0.4) is 0 Å². The SMILES string of the molecule is CNCCc1cn(S(=O)(=O)c2c(Cl)nc3sccn23)c2cccnc12.O=CO. The number of fused-ring (bicyclic) bond motifs is 2. The lowest BCUT2D eigenvalue weighted by molar-refractivity contribution is -0.122. The summed E-state index contributed by atoms with van der Waals surface area (Å²) in [4.78, 5) is 17.4. The van der Waals surface area contributed by atoms with Crippen LogP contribution in [0.1, 0.15) is 5.56 Å². The van der Waals surface area contributed by atoms with E-state index in [4.69, 9.17) is 21.5 Å². The van der Waals surface area contributed by atoms with Crippen molar-refractivity contribution in [1.29, 1.82) is 0 Å². The van der Waals surface area contributed by atoms with Crippen molar-refractivity contribution >= 4 is 55.4 Å². The molecule has 2 N–H and O–H groups in total. The van der Waals surface area contributed by atoms with Crippen LogP contribution >= 0.6 is 22.9 Å². The third-order valence-electron chi connectivity index (χ3n) is 3.93. The molecular weight excluding hydrogens is 426 g/mol. The van der Waals surface area contributed by atoms with Crippen molar-refractivity contribution in [2.45, 2.75) is 11.4 Å². The third kappa shape index (κ3) is 3.49. The minimum absolute atomic E-state index is 0.0330. The summed E-state index contributed by atoms with van der Waals surface area (Å²) in [6, 6.07) is 3.46. The first-order chi connectivity index (χ1) is 13.5. The Kier molecular flexibility index (Phi) is 5.98. The number of pyridine rings is 1.